The topological polar surface area (TPSA) is 55.2 Å². The molecule has 2 unspecified atom stereocenters. The van der Waals surface area contributed by atoms with Crippen LogP contribution in [0.15, 0.2) is 18.2 Å². The van der Waals surface area contributed by atoms with Crippen molar-refractivity contribution in [2.45, 2.75) is 33.2 Å². The van der Waals surface area contributed by atoms with Gasteiger partial charge in [0.05, 0.1) is 4.92 Å². The number of halogens is 1. The van der Waals surface area contributed by atoms with Gasteiger partial charge in [-0.25, -0.2) is 4.39 Å². The molecule has 17 heavy (non-hydrogen) atoms. The minimum absolute atomic E-state index is 0.0180. The molecule has 1 N–H and O–H groups in total. The first kappa shape index (κ1) is 13.4. The monoisotopic (exact) mass is 240 g/mol. The summed E-state index contributed by atoms with van der Waals surface area (Å²) in [6.45, 7) is 5.94. The number of benzene rings is 1. The number of nitro benzene ring substituents is 1. The van der Waals surface area contributed by atoms with Crippen LogP contribution in [0.25, 0.3) is 0 Å². The van der Waals surface area contributed by atoms with Crippen LogP contribution in [-0.4, -0.2) is 11.0 Å². The summed E-state index contributed by atoms with van der Waals surface area (Å²) in [6, 6.07) is 3.84. The zero-order chi connectivity index (χ0) is 13.0. The summed E-state index contributed by atoms with van der Waals surface area (Å²) >= 11 is 0. The van der Waals surface area contributed by atoms with Gasteiger partial charge in [-0.2, -0.15) is 0 Å². The standard InChI is InChI=1S/C12H17FN2O2/c1-4-8(2)9(3)14-12-10(13)6-5-7-11(12)15(16)17/h5-9,14H,4H2,1-3H3. The number of hydrogen-bond acceptors (Lipinski definition) is 3. The maximum Gasteiger partial charge on any atom is 0.295 e. The van der Waals surface area contributed by atoms with E-state index < -0.39 is 10.7 Å². The number of anilines is 1. The fraction of sp³-hybridized carbons (Fsp3) is 0.500. The minimum Gasteiger partial charge on any atom is -0.374 e. The smallest absolute Gasteiger partial charge is 0.295 e. The molecule has 0 aliphatic rings. The van der Waals surface area contributed by atoms with Gasteiger partial charge in [0, 0.05) is 12.1 Å². The molecule has 94 valence electrons. The Labute approximate surface area is 100.0 Å². The molecule has 0 bridgehead atoms. The van der Waals surface area contributed by atoms with Gasteiger partial charge in [0.25, 0.3) is 5.69 Å². The minimum atomic E-state index is -0.589. The van der Waals surface area contributed by atoms with Crippen LogP contribution < -0.4 is 5.32 Å². The Morgan fingerprint density at radius 1 is 1.47 bits per heavy atom. The first-order valence-corrected chi connectivity index (χ1v) is 5.66. The van der Waals surface area contributed by atoms with Gasteiger partial charge in [0.2, 0.25) is 0 Å². The van der Waals surface area contributed by atoms with Crippen molar-refractivity contribution in [1.82, 2.24) is 0 Å². The molecule has 1 aromatic rings. The average molecular weight is 240 g/mol. The summed E-state index contributed by atoms with van der Waals surface area (Å²) in [5.74, 6) is -0.274. The van der Waals surface area contributed by atoms with Crippen LogP contribution in [0.3, 0.4) is 0 Å². The van der Waals surface area contributed by atoms with E-state index in [-0.39, 0.29) is 17.4 Å². The molecule has 4 nitrogen and oxygen atoms in total. The lowest BCUT2D eigenvalue weighted by Crippen LogP contribution is -2.24. The van der Waals surface area contributed by atoms with Crippen molar-refractivity contribution in [2.24, 2.45) is 5.92 Å². The van der Waals surface area contributed by atoms with Crippen LogP contribution in [-0.2, 0) is 0 Å². The van der Waals surface area contributed by atoms with E-state index in [1.54, 1.807) is 0 Å². The summed E-state index contributed by atoms with van der Waals surface area (Å²) in [5.41, 5.74) is -0.245. The van der Waals surface area contributed by atoms with Gasteiger partial charge in [-0.05, 0) is 18.9 Å². The Hall–Kier alpha value is -1.65. The second-order valence-corrected chi connectivity index (χ2v) is 4.21. The maximum atomic E-state index is 13.6. The first-order valence-electron chi connectivity index (χ1n) is 5.66. The molecule has 0 saturated heterocycles. The van der Waals surface area contributed by atoms with Crippen molar-refractivity contribution < 1.29 is 9.31 Å². The number of hydrogen-bond donors (Lipinski definition) is 1. The highest BCUT2D eigenvalue weighted by Crippen LogP contribution is 2.28. The van der Waals surface area contributed by atoms with E-state index in [0.29, 0.717) is 5.92 Å². The highest BCUT2D eigenvalue weighted by Gasteiger charge is 2.20. The SMILES string of the molecule is CCC(C)C(C)Nc1c(F)cccc1[N+](=O)[O-]. The lowest BCUT2D eigenvalue weighted by Gasteiger charge is -2.21. The Kier molecular flexibility index (Phi) is 4.43. The second-order valence-electron chi connectivity index (χ2n) is 4.21. The molecule has 1 aromatic carbocycles. The third-order valence-corrected chi connectivity index (χ3v) is 3.06. The van der Waals surface area contributed by atoms with Gasteiger partial charge < -0.3 is 5.32 Å². The number of nitrogens with zero attached hydrogens (tertiary/aromatic N) is 1. The lowest BCUT2D eigenvalue weighted by molar-refractivity contribution is -0.384. The summed E-state index contributed by atoms with van der Waals surface area (Å²) in [5, 5.41) is 13.7. The lowest BCUT2D eigenvalue weighted by atomic mass is 10.0. The van der Waals surface area contributed by atoms with Crippen molar-refractivity contribution in [3.63, 3.8) is 0 Å². The van der Waals surface area contributed by atoms with Crippen LogP contribution in [0.4, 0.5) is 15.8 Å². The molecule has 0 radical (unpaired) electrons. The normalized spacial score (nSPS) is 14.1. The Balaban J connectivity index is 3.00. The highest BCUT2D eigenvalue weighted by atomic mass is 19.1. The third-order valence-electron chi connectivity index (χ3n) is 3.06. The molecule has 0 aliphatic carbocycles. The Morgan fingerprint density at radius 2 is 2.12 bits per heavy atom. The van der Waals surface area contributed by atoms with E-state index in [4.69, 9.17) is 0 Å². The summed E-state index contributed by atoms with van der Waals surface area (Å²) in [7, 11) is 0. The number of nitrogens with one attached hydrogen (secondary N) is 1. The van der Waals surface area contributed by atoms with Crippen LogP contribution >= 0.6 is 0 Å². The van der Waals surface area contributed by atoms with Gasteiger partial charge in [-0.1, -0.05) is 26.3 Å². The van der Waals surface area contributed by atoms with Crippen LogP contribution in [0.5, 0.6) is 0 Å². The molecule has 0 spiro atoms. The number of rotatable bonds is 5. The van der Waals surface area contributed by atoms with Crippen molar-refractivity contribution in [3.05, 3.63) is 34.1 Å². The van der Waals surface area contributed by atoms with Gasteiger partial charge in [-0.15, -0.1) is 0 Å². The molecule has 0 amide bonds. The fourth-order valence-electron chi connectivity index (χ4n) is 1.53. The molecular formula is C12H17FN2O2. The molecular weight excluding hydrogens is 223 g/mol. The third kappa shape index (κ3) is 3.15. The van der Waals surface area contributed by atoms with E-state index in [9.17, 15) is 14.5 Å². The molecule has 0 aromatic heterocycles. The average Bonchev–Trinajstić information content (AvgIpc) is 2.30. The van der Waals surface area contributed by atoms with Crippen LogP contribution in [0.1, 0.15) is 27.2 Å². The largest absolute Gasteiger partial charge is 0.374 e. The molecule has 0 fully saturated rings. The summed E-state index contributed by atoms with van der Waals surface area (Å²) in [6.07, 6.45) is 0.927. The molecule has 5 heteroatoms. The number of para-hydroxylation sites is 1. The van der Waals surface area contributed by atoms with Gasteiger partial charge in [0.1, 0.15) is 5.69 Å². The molecule has 0 saturated carbocycles. The zero-order valence-corrected chi connectivity index (χ0v) is 10.2. The van der Waals surface area contributed by atoms with E-state index in [1.807, 2.05) is 20.8 Å². The van der Waals surface area contributed by atoms with Gasteiger partial charge >= 0.3 is 0 Å². The second kappa shape index (κ2) is 5.61. The zero-order valence-electron chi connectivity index (χ0n) is 10.2. The van der Waals surface area contributed by atoms with E-state index >= 15 is 0 Å². The van der Waals surface area contributed by atoms with Crippen molar-refractivity contribution in [3.8, 4) is 0 Å². The van der Waals surface area contributed by atoms with E-state index in [1.165, 1.54) is 18.2 Å². The summed E-state index contributed by atoms with van der Waals surface area (Å²) in [4.78, 5) is 10.2. The van der Waals surface area contributed by atoms with Gasteiger partial charge in [-0.3, -0.25) is 10.1 Å². The summed E-state index contributed by atoms with van der Waals surface area (Å²) < 4.78 is 13.6. The molecule has 0 aliphatic heterocycles. The van der Waals surface area contributed by atoms with E-state index in [2.05, 4.69) is 5.32 Å². The van der Waals surface area contributed by atoms with Crippen LogP contribution in [0.2, 0.25) is 0 Å². The predicted molar refractivity (Wildman–Crippen MR) is 65.6 cm³/mol. The fourth-order valence-corrected chi connectivity index (χ4v) is 1.53. The number of nitro groups is 1. The van der Waals surface area contributed by atoms with Crippen molar-refractivity contribution in [1.29, 1.82) is 0 Å². The molecule has 0 heterocycles. The van der Waals surface area contributed by atoms with Crippen molar-refractivity contribution >= 4 is 11.4 Å². The van der Waals surface area contributed by atoms with E-state index in [0.717, 1.165) is 6.42 Å². The van der Waals surface area contributed by atoms with Gasteiger partial charge in [0.15, 0.2) is 5.82 Å². The first-order chi connectivity index (χ1) is 7.97. The predicted octanol–water partition coefficient (Wildman–Crippen LogP) is 3.58. The van der Waals surface area contributed by atoms with Crippen LogP contribution in [0, 0.1) is 21.8 Å². The van der Waals surface area contributed by atoms with Crippen molar-refractivity contribution in [2.75, 3.05) is 5.32 Å². The highest BCUT2D eigenvalue weighted by molar-refractivity contribution is 5.62. The molecule has 2 atom stereocenters. The molecule has 1 rings (SSSR count). The Bertz CT molecular complexity index is 409. The Morgan fingerprint density at radius 3 is 2.65 bits per heavy atom. The quantitative estimate of drug-likeness (QED) is 0.632. The maximum absolute atomic E-state index is 13.6.